The van der Waals surface area contributed by atoms with Gasteiger partial charge in [0.1, 0.15) is 0 Å². The van der Waals surface area contributed by atoms with Crippen LogP contribution in [-0.2, 0) is 0 Å². The third-order valence-corrected chi connectivity index (χ3v) is 7.08. The zero-order valence-corrected chi connectivity index (χ0v) is 16.3. The van der Waals surface area contributed by atoms with E-state index in [2.05, 4.69) is 31.8 Å². The number of aromatic nitrogens is 1. The molecule has 1 aromatic carbocycles. The van der Waals surface area contributed by atoms with Gasteiger partial charge in [0.05, 0.1) is 0 Å². The quantitative estimate of drug-likeness (QED) is 0.609. The number of hydrogen-bond donors (Lipinski definition) is 1. The number of anilines is 1. The van der Waals surface area contributed by atoms with Crippen LogP contribution in [0.15, 0.2) is 30.5 Å². The summed E-state index contributed by atoms with van der Waals surface area (Å²) in [7, 11) is 0. The van der Waals surface area contributed by atoms with E-state index < -0.39 is 21.1 Å². The fourth-order valence-electron chi connectivity index (χ4n) is 1.83. The third-order valence-electron chi connectivity index (χ3n) is 2.72. The summed E-state index contributed by atoms with van der Waals surface area (Å²) in [5.74, 6) is 0.996. The summed E-state index contributed by atoms with van der Waals surface area (Å²) in [6.45, 7) is 6.64. The fraction of sp³-hybridized carbons (Fsp3) is 0.250. The van der Waals surface area contributed by atoms with Gasteiger partial charge in [-0.05, 0) is 0 Å². The molecule has 0 bridgehead atoms. The Bertz CT molecular complexity index is 715. The SMILES string of the molecule is C[C](C)(C)[Sn][c]1ccc(C#N)cc1Oc1c(N)ccnc1Cl. The van der Waals surface area contributed by atoms with Gasteiger partial charge < -0.3 is 0 Å². The summed E-state index contributed by atoms with van der Waals surface area (Å²) in [5.41, 5.74) is 6.89. The molecule has 1 aromatic heterocycles. The second-order valence-corrected chi connectivity index (χ2v) is 12.7. The second kappa shape index (κ2) is 6.76. The van der Waals surface area contributed by atoms with E-state index >= 15 is 0 Å². The minimum absolute atomic E-state index is 0.217. The van der Waals surface area contributed by atoms with Gasteiger partial charge in [-0.3, -0.25) is 0 Å². The van der Waals surface area contributed by atoms with Crippen LogP contribution < -0.4 is 14.0 Å². The average molecular weight is 420 g/mol. The molecule has 0 unspecified atom stereocenters. The van der Waals surface area contributed by atoms with Crippen molar-refractivity contribution in [3.8, 4) is 17.6 Å². The van der Waals surface area contributed by atoms with Crippen LogP contribution in [0.2, 0.25) is 8.58 Å². The number of nitrogens with two attached hydrogens (primary N) is 1. The molecule has 2 radical (unpaired) electrons. The van der Waals surface area contributed by atoms with Crippen LogP contribution in [-0.4, -0.2) is 26.1 Å². The molecule has 0 amide bonds. The van der Waals surface area contributed by atoms with Gasteiger partial charge in [0.15, 0.2) is 0 Å². The summed E-state index contributed by atoms with van der Waals surface area (Å²) in [4.78, 5) is 3.99. The van der Waals surface area contributed by atoms with Crippen molar-refractivity contribution < 1.29 is 4.74 Å². The Kier molecular flexibility index (Phi) is 5.19. The number of nitrogen functional groups attached to an aromatic ring is 1. The maximum atomic E-state index is 9.11. The summed E-state index contributed by atoms with van der Waals surface area (Å²) in [6, 6.07) is 9.31. The van der Waals surface area contributed by atoms with Crippen molar-refractivity contribution in [1.29, 1.82) is 5.26 Å². The first kappa shape index (κ1) is 16.9. The van der Waals surface area contributed by atoms with Crippen molar-refractivity contribution in [3.63, 3.8) is 0 Å². The zero-order chi connectivity index (χ0) is 16.3. The van der Waals surface area contributed by atoms with Gasteiger partial charge in [0.2, 0.25) is 0 Å². The van der Waals surface area contributed by atoms with E-state index in [1.807, 2.05) is 12.1 Å². The molecule has 0 saturated heterocycles. The molecular weight excluding hydrogens is 404 g/mol. The number of pyridine rings is 1. The van der Waals surface area contributed by atoms with Crippen LogP contribution >= 0.6 is 11.6 Å². The van der Waals surface area contributed by atoms with Crippen LogP contribution in [0.4, 0.5) is 5.69 Å². The summed E-state index contributed by atoms with van der Waals surface area (Å²) in [5, 5.41) is 9.32. The first-order chi connectivity index (χ1) is 10.3. The molecule has 2 aromatic rings. The number of hydrogen-bond acceptors (Lipinski definition) is 4. The standard InChI is InChI=1S/C12H7ClN3O.C4H9.Sn/c13-12-11(10(15)4-5-16-12)17-9-3-1-2-8(6-9)7-14;1-4(2)3;/h1-2,4-6H,(H2,15,16);1-3H3;. The molecule has 1 heterocycles. The molecule has 4 nitrogen and oxygen atoms in total. The Morgan fingerprint density at radius 1 is 1.32 bits per heavy atom. The van der Waals surface area contributed by atoms with Crippen molar-refractivity contribution >= 4 is 42.0 Å². The first-order valence-corrected chi connectivity index (χ1v) is 9.93. The van der Waals surface area contributed by atoms with Crippen LogP contribution in [0, 0.1) is 11.3 Å². The zero-order valence-electron chi connectivity index (χ0n) is 12.6. The van der Waals surface area contributed by atoms with Crippen LogP contribution in [0.5, 0.6) is 11.5 Å². The average Bonchev–Trinajstić information content (AvgIpc) is 2.43. The Labute approximate surface area is 145 Å². The van der Waals surface area contributed by atoms with Gasteiger partial charge >= 0.3 is 146 Å². The molecule has 2 N–H and O–H groups in total. The van der Waals surface area contributed by atoms with E-state index in [-0.39, 0.29) is 8.58 Å². The van der Waals surface area contributed by atoms with E-state index in [9.17, 15) is 0 Å². The van der Waals surface area contributed by atoms with Gasteiger partial charge in [0.25, 0.3) is 0 Å². The second-order valence-electron chi connectivity index (χ2n) is 5.82. The summed E-state index contributed by atoms with van der Waals surface area (Å²) >= 11 is 5.15. The number of halogens is 1. The number of nitrogens with zero attached hydrogens (tertiary/aromatic N) is 2. The molecule has 0 atom stereocenters. The minimum atomic E-state index is -0.919. The van der Waals surface area contributed by atoms with E-state index in [1.165, 1.54) is 6.20 Å². The Balaban J connectivity index is 2.46. The van der Waals surface area contributed by atoms with Crippen molar-refractivity contribution in [2.75, 3.05) is 5.73 Å². The molecule has 2 rings (SSSR count). The fourth-order valence-corrected chi connectivity index (χ4v) is 5.52. The van der Waals surface area contributed by atoms with Crippen molar-refractivity contribution in [2.45, 2.75) is 24.2 Å². The third kappa shape index (κ3) is 4.28. The Morgan fingerprint density at radius 2 is 2.05 bits per heavy atom. The van der Waals surface area contributed by atoms with E-state index in [1.54, 1.807) is 12.1 Å². The number of rotatable bonds is 3. The van der Waals surface area contributed by atoms with E-state index in [0.717, 1.165) is 3.58 Å². The van der Waals surface area contributed by atoms with Crippen molar-refractivity contribution in [2.24, 2.45) is 0 Å². The molecule has 112 valence electrons. The summed E-state index contributed by atoms with van der Waals surface area (Å²) < 4.78 is 7.34. The van der Waals surface area contributed by atoms with Crippen molar-refractivity contribution in [1.82, 2.24) is 4.98 Å². The molecule has 0 spiro atoms. The van der Waals surface area contributed by atoms with Crippen molar-refractivity contribution in [3.05, 3.63) is 41.2 Å². The number of benzene rings is 1. The normalized spacial score (nSPS) is 11.0. The molecule has 0 aliphatic carbocycles. The van der Waals surface area contributed by atoms with Crippen LogP contribution in [0.1, 0.15) is 26.3 Å². The topological polar surface area (TPSA) is 71.9 Å². The van der Waals surface area contributed by atoms with Gasteiger partial charge in [-0.2, -0.15) is 0 Å². The molecule has 0 aliphatic heterocycles. The first-order valence-electron chi connectivity index (χ1n) is 6.70. The summed E-state index contributed by atoms with van der Waals surface area (Å²) in [6.07, 6.45) is 1.53. The van der Waals surface area contributed by atoms with Crippen LogP contribution in [0.25, 0.3) is 0 Å². The maximum absolute atomic E-state index is 9.11. The Hall–Kier alpha value is -1.45. The van der Waals surface area contributed by atoms with E-state index in [4.69, 9.17) is 27.3 Å². The molecule has 0 saturated carbocycles. The molecule has 6 heteroatoms. The number of ether oxygens (including phenoxy) is 1. The van der Waals surface area contributed by atoms with E-state index in [0.29, 0.717) is 22.7 Å². The monoisotopic (exact) mass is 421 g/mol. The van der Waals surface area contributed by atoms with Crippen LogP contribution in [0.3, 0.4) is 0 Å². The molecular formula is C16H16ClN3OSn. The van der Waals surface area contributed by atoms with Gasteiger partial charge in [-0.1, -0.05) is 0 Å². The predicted octanol–water partition coefficient (Wildman–Crippen LogP) is 3.53. The molecule has 0 fully saturated rings. The predicted molar refractivity (Wildman–Crippen MR) is 90.0 cm³/mol. The number of nitriles is 1. The molecule has 22 heavy (non-hydrogen) atoms. The van der Waals surface area contributed by atoms with Gasteiger partial charge in [-0.15, -0.1) is 0 Å². The van der Waals surface area contributed by atoms with Gasteiger partial charge in [-0.25, -0.2) is 0 Å². The molecule has 0 aliphatic rings. The van der Waals surface area contributed by atoms with Gasteiger partial charge in [0, 0.05) is 0 Å². The Morgan fingerprint density at radius 3 is 2.64 bits per heavy atom.